The number of nitrogens with zero attached hydrogens (tertiary/aromatic N) is 1. The van der Waals surface area contributed by atoms with Crippen LogP contribution in [0.4, 0.5) is 11.4 Å². The first-order valence-corrected chi connectivity index (χ1v) is 11.8. The van der Waals surface area contributed by atoms with Crippen molar-refractivity contribution in [2.24, 2.45) is 0 Å². The summed E-state index contributed by atoms with van der Waals surface area (Å²) in [6, 6.07) is 5.13. The standard InChI is InChI=1S/C16H24N2O4S2/c1-23(19,20)18-11-5-6-13-12-14(9-10-16(13)18)17-24(21,22)15-7-3-2-4-8-15/h9-10,12,15,17H,2-8,11H2,1H3. The lowest BCUT2D eigenvalue weighted by molar-refractivity contribution is 0.486. The van der Waals surface area contributed by atoms with Crippen molar-refractivity contribution < 1.29 is 16.8 Å². The predicted octanol–water partition coefficient (Wildman–Crippen LogP) is 2.47. The maximum atomic E-state index is 12.5. The summed E-state index contributed by atoms with van der Waals surface area (Å²) in [5.74, 6) is 0. The van der Waals surface area contributed by atoms with Crippen LogP contribution < -0.4 is 9.03 Å². The molecule has 24 heavy (non-hydrogen) atoms. The van der Waals surface area contributed by atoms with Crippen LogP contribution in [-0.2, 0) is 26.5 Å². The molecule has 0 saturated heterocycles. The van der Waals surface area contributed by atoms with E-state index in [4.69, 9.17) is 0 Å². The number of hydrogen-bond donors (Lipinski definition) is 1. The first-order chi connectivity index (χ1) is 11.3. The van der Waals surface area contributed by atoms with Crippen LogP contribution in [0.5, 0.6) is 0 Å². The normalized spacial score (nSPS) is 19.8. The van der Waals surface area contributed by atoms with Crippen molar-refractivity contribution in [2.75, 3.05) is 21.8 Å². The zero-order valence-corrected chi connectivity index (χ0v) is 15.5. The summed E-state index contributed by atoms with van der Waals surface area (Å²) in [7, 11) is -6.70. The molecule has 0 amide bonds. The predicted molar refractivity (Wildman–Crippen MR) is 96.4 cm³/mol. The van der Waals surface area contributed by atoms with Crippen LogP contribution in [0.2, 0.25) is 0 Å². The van der Waals surface area contributed by atoms with Crippen LogP contribution in [0.3, 0.4) is 0 Å². The minimum Gasteiger partial charge on any atom is -0.283 e. The molecule has 1 fully saturated rings. The van der Waals surface area contributed by atoms with Gasteiger partial charge in [-0.25, -0.2) is 16.8 Å². The Morgan fingerprint density at radius 2 is 1.75 bits per heavy atom. The minimum atomic E-state index is -3.39. The van der Waals surface area contributed by atoms with E-state index in [-0.39, 0.29) is 5.25 Å². The van der Waals surface area contributed by atoms with Crippen molar-refractivity contribution in [3.8, 4) is 0 Å². The minimum absolute atomic E-state index is 0.324. The van der Waals surface area contributed by atoms with Gasteiger partial charge < -0.3 is 0 Å². The zero-order chi connectivity index (χ0) is 17.4. The number of hydrogen-bond acceptors (Lipinski definition) is 4. The van der Waals surface area contributed by atoms with Gasteiger partial charge in [-0.1, -0.05) is 19.3 Å². The second-order valence-electron chi connectivity index (χ2n) is 6.69. The van der Waals surface area contributed by atoms with E-state index < -0.39 is 20.0 Å². The Labute approximate surface area is 144 Å². The maximum Gasteiger partial charge on any atom is 0.235 e. The SMILES string of the molecule is CS(=O)(=O)N1CCCc2cc(NS(=O)(=O)C3CCCCC3)ccc21. The second-order valence-corrected chi connectivity index (χ2v) is 10.6. The maximum absolute atomic E-state index is 12.5. The highest BCUT2D eigenvalue weighted by molar-refractivity contribution is 7.93. The molecule has 134 valence electrons. The van der Waals surface area contributed by atoms with Gasteiger partial charge in [-0.3, -0.25) is 9.03 Å². The number of aryl methyl sites for hydroxylation is 1. The molecule has 0 unspecified atom stereocenters. The van der Waals surface area contributed by atoms with Gasteiger partial charge in [-0.05, 0) is 49.4 Å². The third-order valence-corrected chi connectivity index (χ3v) is 7.86. The molecule has 0 atom stereocenters. The average molecular weight is 373 g/mol. The molecule has 0 bridgehead atoms. The van der Waals surface area contributed by atoms with Crippen molar-refractivity contribution in [1.82, 2.24) is 0 Å². The van der Waals surface area contributed by atoms with Crippen LogP contribution in [0.15, 0.2) is 18.2 Å². The van der Waals surface area contributed by atoms with E-state index in [1.54, 1.807) is 18.2 Å². The Bertz CT molecular complexity index is 812. The fraction of sp³-hybridized carbons (Fsp3) is 0.625. The molecular weight excluding hydrogens is 348 g/mol. The van der Waals surface area contributed by atoms with E-state index in [1.165, 1.54) is 10.6 Å². The first-order valence-electron chi connectivity index (χ1n) is 8.40. The van der Waals surface area contributed by atoms with Crippen molar-refractivity contribution in [3.05, 3.63) is 23.8 Å². The molecule has 3 rings (SSSR count). The third-order valence-electron chi connectivity index (χ3n) is 4.81. The molecule has 1 aliphatic heterocycles. The third kappa shape index (κ3) is 3.69. The lowest BCUT2D eigenvalue weighted by atomic mass is 10.0. The highest BCUT2D eigenvalue weighted by Gasteiger charge is 2.28. The summed E-state index contributed by atoms with van der Waals surface area (Å²) in [4.78, 5) is 0. The lowest BCUT2D eigenvalue weighted by Crippen LogP contribution is -2.34. The quantitative estimate of drug-likeness (QED) is 0.880. The summed E-state index contributed by atoms with van der Waals surface area (Å²) in [5, 5.41) is -0.324. The van der Waals surface area contributed by atoms with E-state index in [0.29, 0.717) is 30.8 Å². The Morgan fingerprint density at radius 3 is 2.42 bits per heavy atom. The van der Waals surface area contributed by atoms with Gasteiger partial charge >= 0.3 is 0 Å². The van der Waals surface area contributed by atoms with Crippen LogP contribution in [0.1, 0.15) is 44.1 Å². The molecule has 0 spiro atoms. The molecule has 1 saturated carbocycles. The fourth-order valence-corrected chi connectivity index (χ4v) is 6.17. The number of nitrogens with one attached hydrogen (secondary N) is 1. The summed E-state index contributed by atoms with van der Waals surface area (Å²) in [6.45, 7) is 0.471. The first kappa shape index (κ1) is 17.5. The highest BCUT2D eigenvalue weighted by Crippen LogP contribution is 2.32. The van der Waals surface area contributed by atoms with E-state index in [2.05, 4.69) is 4.72 Å². The molecule has 6 nitrogen and oxygen atoms in total. The molecule has 1 N–H and O–H groups in total. The number of fused-ring (bicyclic) bond motifs is 1. The van der Waals surface area contributed by atoms with E-state index in [0.717, 1.165) is 37.7 Å². The highest BCUT2D eigenvalue weighted by atomic mass is 32.2. The molecule has 1 aliphatic carbocycles. The number of sulfonamides is 2. The Kier molecular flexibility index (Phi) is 4.79. The molecule has 1 heterocycles. The molecule has 1 aromatic carbocycles. The van der Waals surface area contributed by atoms with Crippen molar-refractivity contribution in [1.29, 1.82) is 0 Å². The van der Waals surface area contributed by atoms with E-state index >= 15 is 0 Å². The van der Waals surface area contributed by atoms with Crippen LogP contribution in [0.25, 0.3) is 0 Å². The van der Waals surface area contributed by atoms with Crippen molar-refractivity contribution >= 4 is 31.4 Å². The lowest BCUT2D eigenvalue weighted by Gasteiger charge is -2.29. The van der Waals surface area contributed by atoms with Crippen LogP contribution in [-0.4, -0.2) is 34.9 Å². The summed E-state index contributed by atoms with van der Waals surface area (Å²) in [6.07, 6.45) is 7.12. The summed E-state index contributed by atoms with van der Waals surface area (Å²) < 4.78 is 52.9. The van der Waals surface area contributed by atoms with Gasteiger partial charge in [0, 0.05) is 12.2 Å². The van der Waals surface area contributed by atoms with Crippen molar-refractivity contribution in [2.45, 2.75) is 50.2 Å². The fourth-order valence-electron chi connectivity index (χ4n) is 3.59. The van der Waals surface area contributed by atoms with Gasteiger partial charge in [0.15, 0.2) is 0 Å². The molecule has 0 radical (unpaired) electrons. The molecule has 1 aromatic rings. The number of anilines is 2. The topological polar surface area (TPSA) is 83.6 Å². The Hall–Kier alpha value is -1.28. The average Bonchev–Trinajstić information content (AvgIpc) is 2.53. The molecule has 0 aromatic heterocycles. The molecule has 8 heteroatoms. The monoisotopic (exact) mass is 372 g/mol. The Morgan fingerprint density at radius 1 is 1.04 bits per heavy atom. The van der Waals surface area contributed by atoms with Gasteiger partial charge in [-0.15, -0.1) is 0 Å². The number of benzene rings is 1. The van der Waals surface area contributed by atoms with Crippen molar-refractivity contribution in [3.63, 3.8) is 0 Å². The molecule has 2 aliphatic rings. The van der Waals surface area contributed by atoms with Crippen LogP contribution >= 0.6 is 0 Å². The van der Waals surface area contributed by atoms with E-state index in [1.807, 2.05) is 0 Å². The second kappa shape index (κ2) is 6.55. The summed E-state index contributed by atoms with van der Waals surface area (Å²) in [5.41, 5.74) is 2.05. The van der Waals surface area contributed by atoms with Gasteiger partial charge in [0.05, 0.1) is 17.2 Å². The van der Waals surface area contributed by atoms with Gasteiger partial charge in [0.25, 0.3) is 0 Å². The van der Waals surface area contributed by atoms with Crippen LogP contribution in [0, 0.1) is 0 Å². The van der Waals surface area contributed by atoms with Gasteiger partial charge in [-0.2, -0.15) is 0 Å². The molecular formula is C16H24N2O4S2. The van der Waals surface area contributed by atoms with E-state index in [9.17, 15) is 16.8 Å². The van der Waals surface area contributed by atoms with Gasteiger partial charge in [0.2, 0.25) is 20.0 Å². The largest absolute Gasteiger partial charge is 0.283 e. The summed E-state index contributed by atoms with van der Waals surface area (Å²) >= 11 is 0. The Balaban J connectivity index is 1.84. The number of rotatable bonds is 4. The van der Waals surface area contributed by atoms with Gasteiger partial charge in [0.1, 0.15) is 0 Å². The zero-order valence-electron chi connectivity index (χ0n) is 13.9. The smallest absolute Gasteiger partial charge is 0.235 e.